The van der Waals surface area contributed by atoms with E-state index in [0.29, 0.717) is 18.7 Å². The standard InChI is InChI=1S/C24H31N5O/c1-4-28(5-2)24(30)20-15-26-23(27-17(20)3)22-8-6-7-13-29(22)16-18-9-10-21-19(14-18)11-12-25-21/h9-12,14-15,22,25H,4-8,13,16H2,1-3H3/t22-/m1/s1. The lowest BCUT2D eigenvalue weighted by molar-refractivity contribution is 0.0770. The molecule has 0 bridgehead atoms. The van der Waals surface area contributed by atoms with Gasteiger partial charge >= 0.3 is 0 Å². The molecule has 6 heteroatoms. The summed E-state index contributed by atoms with van der Waals surface area (Å²) in [4.78, 5) is 29.8. The Morgan fingerprint density at radius 3 is 2.83 bits per heavy atom. The number of carbonyl (C=O) groups excluding carboxylic acids is 1. The molecule has 3 aromatic rings. The normalized spacial score (nSPS) is 17.4. The van der Waals surface area contributed by atoms with Crippen LogP contribution in [-0.2, 0) is 6.54 Å². The first kappa shape index (κ1) is 20.5. The summed E-state index contributed by atoms with van der Waals surface area (Å²) in [6.07, 6.45) is 7.14. The van der Waals surface area contributed by atoms with Crippen LogP contribution in [0.3, 0.4) is 0 Å². The summed E-state index contributed by atoms with van der Waals surface area (Å²) in [5, 5.41) is 1.24. The molecule has 0 saturated carbocycles. The summed E-state index contributed by atoms with van der Waals surface area (Å²) < 4.78 is 0. The molecule has 1 saturated heterocycles. The summed E-state index contributed by atoms with van der Waals surface area (Å²) in [5.74, 6) is 0.857. The molecule has 30 heavy (non-hydrogen) atoms. The Morgan fingerprint density at radius 1 is 1.23 bits per heavy atom. The van der Waals surface area contributed by atoms with Gasteiger partial charge in [0, 0.05) is 37.5 Å². The first-order valence-electron chi connectivity index (χ1n) is 11.0. The second kappa shape index (κ2) is 8.96. The number of aromatic amines is 1. The van der Waals surface area contributed by atoms with Gasteiger partial charge in [-0.1, -0.05) is 12.5 Å². The van der Waals surface area contributed by atoms with E-state index in [2.05, 4.69) is 39.1 Å². The minimum Gasteiger partial charge on any atom is -0.361 e. The minimum absolute atomic E-state index is 0.0179. The summed E-state index contributed by atoms with van der Waals surface area (Å²) >= 11 is 0. The SMILES string of the molecule is CCN(CC)C(=O)c1cnc([C@H]2CCCCN2Cc2ccc3[nH]ccc3c2)nc1C. The molecule has 158 valence electrons. The Kier molecular flexibility index (Phi) is 6.13. The topological polar surface area (TPSA) is 65.1 Å². The molecule has 1 amide bonds. The third-order valence-electron chi connectivity index (χ3n) is 6.19. The summed E-state index contributed by atoms with van der Waals surface area (Å²) in [6.45, 7) is 9.23. The van der Waals surface area contributed by atoms with Gasteiger partial charge in [-0.2, -0.15) is 0 Å². The van der Waals surface area contributed by atoms with Crippen LogP contribution >= 0.6 is 0 Å². The summed E-state index contributed by atoms with van der Waals surface area (Å²) in [6, 6.07) is 8.91. The quantitative estimate of drug-likeness (QED) is 0.657. The van der Waals surface area contributed by atoms with Crippen LogP contribution in [0.25, 0.3) is 10.9 Å². The van der Waals surface area contributed by atoms with E-state index in [4.69, 9.17) is 4.98 Å². The van der Waals surface area contributed by atoms with Gasteiger partial charge in [-0.3, -0.25) is 9.69 Å². The zero-order valence-corrected chi connectivity index (χ0v) is 18.2. The maximum Gasteiger partial charge on any atom is 0.257 e. The van der Waals surface area contributed by atoms with Gasteiger partial charge < -0.3 is 9.88 Å². The maximum absolute atomic E-state index is 12.7. The third kappa shape index (κ3) is 4.10. The van der Waals surface area contributed by atoms with E-state index in [0.717, 1.165) is 31.0 Å². The van der Waals surface area contributed by atoms with Crippen molar-refractivity contribution in [2.75, 3.05) is 19.6 Å². The first-order valence-corrected chi connectivity index (χ1v) is 11.0. The summed E-state index contributed by atoms with van der Waals surface area (Å²) in [5.41, 5.74) is 3.86. The van der Waals surface area contributed by atoms with E-state index in [1.807, 2.05) is 31.9 Å². The Bertz CT molecular complexity index is 1020. The highest BCUT2D eigenvalue weighted by Gasteiger charge is 2.27. The molecule has 3 heterocycles. The molecular formula is C24H31N5O. The number of nitrogens with one attached hydrogen (secondary N) is 1. The fraction of sp³-hybridized carbons (Fsp3) is 0.458. The highest BCUT2D eigenvalue weighted by molar-refractivity contribution is 5.94. The minimum atomic E-state index is 0.0179. The predicted octanol–water partition coefficient (Wildman–Crippen LogP) is 4.48. The second-order valence-electron chi connectivity index (χ2n) is 8.09. The van der Waals surface area contributed by atoms with Crippen molar-refractivity contribution < 1.29 is 4.79 Å². The largest absolute Gasteiger partial charge is 0.361 e. The molecule has 0 spiro atoms. The highest BCUT2D eigenvalue weighted by Crippen LogP contribution is 2.31. The van der Waals surface area contributed by atoms with Crippen molar-refractivity contribution in [1.82, 2.24) is 24.8 Å². The monoisotopic (exact) mass is 405 g/mol. The van der Waals surface area contributed by atoms with Crippen molar-refractivity contribution in [2.24, 2.45) is 0 Å². The molecule has 1 aliphatic heterocycles. The van der Waals surface area contributed by atoms with Gasteiger partial charge in [0.1, 0.15) is 5.82 Å². The number of nitrogens with zero attached hydrogens (tertiary/aromatic N) is 4. The molecule has 1 aromatic carbocycles. The maximum atomic E-state index is 12.7. The number of aryl methyl sites for hydroxylation is 1. The van der Waals surface area contributed by atoms with Crippen molar-refractivity contribution in [1.29, 1.82) is 0 Å². The van der Waals surface area contributed by atoms with Crippen LogP contribution in [0.15, 0.2) is 36.7 Å². The van der Waals surface area contributed by atoms with Crippen LogP contribution in [0.4, 0.5) is 0 Å². The van der Waals surface area contributed by atoms with Gasteiger partial charge in [-0.15, -0.1) is 0 Å². The first-order chi connectivity index (χ1) is 14.6. The van der Waals surface area contributed by atoms with E-state index in [1.165, 1.54) is 29.3 Å². The number of aromatic nitrogens is 3. The van der Waals surface area contributed by atoms with Gasteiger partial charge in [0.25, 0.3) is 5.91 Å². The van der Waals surface area contributed by atoms with Crippen molar-refractivity contribution in [3.63, 3.8) is 0 Å². The average Bonchev–Trinajstić information content (AvgIpc) is 3.23. The zero-order chi connectivity index (χ0) is 21.1. The Morgan fingerprint density at radius 2 is 2.07 bits per heavy atom. The van der Waals surface area contributed by atoms with Gasteiger partial charge in [0.05, 0.1) is 17.3 Å². The fourth-order valence-electron chi connectivity index (χ4n) is 4.44. The van der Waals surface area contributed by atoms with Crippen molar-refractivity contribution >= 4 is 16.8 Å². The van der Waals surface area contributed by atoms with Crippen LogP contribution in [0.1, 0.15) is 66.6 Å². The van der Waals surface area contributed by atoms with Gasteiger partial charge in [0.15, 0.2) is 0 Å². The number of likely N-dealkylation sites (tertiary alicyclic amines) is 1. The van der Waals surface area contributed by atoms with Crippen molar-refractivity contribution in [2.45, 2.75) is 52.6 Å². The Labute approximate surface area is 178 Å². The zero-order valence-electron chi connectivity index (χ0n) is 18.2. The van der Waals surface area contributed by atoms with Crippen LogP contribution < -0.4 is 0 Å². The molecule has 1 fully saturated rings. The number of H-pyrrole nitrogens is 1. The van der Waals surface area contributed by atoms with Crippen molar-refractivity contribution in [3.05, 3.63) is 59.3 Å². The number of piperidine rings is 1. The molecule has 1 N–H and O–H groups in total. The smallest absolute Gasteiger partial charge is 0.257 e. The van der Waals surface area contributed by atoms with Gasteiger partial charge in [-0.05, 0) is 69.3 Å². The number of fused-ring (bicyclic) bond motifs is 1. The van der Waals surface area contributed by atoms with E-state index < -0.39 is 0 Å². The fourth-order valence-corrected chi connectivity index (χ4v) is 4.44. The third-order valence-corrected chi connectivity index (χ3v) is 6.19. The molecule has 4 rings (SSSR count). The van der Waals surface area contributed by atoms with Crippen LogP contribution in [0, 0.1) is 6.92 Å². The molecule has 0 unspecified atom stereocenters. The lowest BCUT2D eigenvalue weighted by atomic mass is 9.99. The van der Waals surface area contributed by atoms with E-state index >= 15 is 0 Å². The Hall–Kier alpha value is -2.73. The number of amides is 1. The lowest BCUT2D eigenvalue weighted by Gasteiger charge is -2.35. The van der Waals surface area contributed by atoms with E-state index in [-0.39, 0.29) is 11.9 Å². The number of carbonyl (C=O) groups is 1. The van der Waals surface area contributed by atoms with Crippen LogP contribution in [0.2, 0.25) is 0 Å². The highest BCUT2D eigenvalue weighted by atomic mass is 16.2. The molecule has 6 nitrogen and oxygen atoms in total. The molecular weight excluding hydrogens is 374 g/mol. The second-order valence-corrected chi connectivity index (χ2v) is 8.09. The molecule has 1 atom stereocenters. The number of hydrogen-bond acceptors (Lipinski definition) is 4. The molecule has 0 aliphatic carbocycles. The predicted molar refractivity (Wildman–Crippen MR) is 119 cm³/mol. The van der Waals surface area contributed by atoms with Crippen molar-refractivity contribution in [3.8, 4) is 0 Å². The molecule has 0 radical (unpaired) electrons. The van der Waals surface area contributed by atoms with Gasteiger partial charge in [0.2, 0.25) is 0 Å². The van der Waals surface area contributed by atoms with E-state index in [1.54, 1.807) is 6.20 Å². The van der Waals surface area contributed by atoms with E-state index in [9.17, 15) is 4.79 Å². The molecule has 1 aliphatic rings. The summed E-state index contributed by atoms with van der Waals surface area (Å²) in [7, 11) is 0. The average molecular weight is 406 g/mol. The van der Waals surface area contributed by atoms with Gasteiger partial charge in [-0.25, -0.2) is 9.97 Å². The van der Waals surface area contributed by atoms with Crippen LogP contribution in [0.5, 0.6) is 0 Å². The number of benzene rings is 1. The number of hydrogen-bond donors (Lipinski definition) is 1. The number of rotatable bonds is 6. The molecule has 2 aromatic heterocycles. The van der Waals surface area contributed by atoms with Crippen LogP contribution in [-0.4, -0.2) is 50.3 Å². The lowest BCUT2D eigenvalue weighted by Crippen LogP contribution is -2.35. The Balaban J connectivity index is 1.56.